The topological polar surface area (TPSA) is 72.7 Å². The Balaban J connectivity index is 1.65. The van der Waals surface area contributed by atoms with Crippen molar-refractivity contribution >= 4 is 44.9 Å². The van der Waals surface area contributed by atoms with E-state index >= 15 is 0 Å². The summed E-state index contributed by atoms with van der Waals surface area (Å²) in [7, 11) is 0. The number of fused-ring (bicyclic) bond motifs is 1. The lowest BCUT2D eigenvalue weighted by Gasteiger charge is -2.19. The number of carbonyl (C=O) groups excluding carboxylic acids is 1. The molecule has 3 aromatic rings. The Kier molecular flexibility index (Phi) is 6.60. The summed E-state index contributed by atoms with van der Waals surface area (Å²) in [4.78, 5) is 25.6. The summed E-state index contributed by atoms with van der Waals surface area (Å²) in [6.07, 6.45) is 1.87. The molecule has 0 fully saturated rings. The summed E-state index contributed by atoms with van der Waals surface area (Å²) in [6, 6.07) is 19.7. The number of benzene rings is 3. The summed E-state index contributed by atoms with van der Waals surface area (Å²) in [5.74, 6) is 0.940. The van der Waals surface area contributed by atoms with E-state index in [1.54, 1.807) is 12.1 Å². The molecular weight excluding hydrogens is 484 g/mol. The Morgan fingerprint density at radius 1 is 1.09 bits per heavy atom. The highest BCUT2D eigenvalue weighted by molar-refractivity contribution is 9.10. The van der Waals surface area contributed by atoms with Crippen molar-refractivity contribution in [2.24, 2.45) is 5.92 Å². The molecule has 33 heavy (non-hydrogen) atoms. The van der Waals surface area contributed by atoms with Gasteiger partial charge in [-0.3, -0.25) is 14.9 Å². The number of rotatable bonds is 7. The van der Waals surface area contributed by atoms with E-state index in [1.165, 1.54) is 12.1 Å². The molecular formula is C26H23BrN2O4. The highest BCUT2D eigenvalue weighted by Gasteiger charge is 2.32. The van der Waals surface area contributed by atoms with Gasteiger partial charge in [-0.15, -0.1) is 0 Å². The van der Waals surface area contributed by atoms with Crippen LogP contribution >= 0.6 is 15.9 Å². The molecule has 0 spiro atoms. The zero-order valence-corrected chi connectivity index (χ0v) is 19.9. The predicted molar refractivity (Wildman–Crippen MR) is 133 cm³/mol. The number of ether oxygens (including phenoxy) is 1. The first kappa shape index (κ1) is 22.7. The SMILES string of the molecule is CC(C)CN1C(=O)/C(=C\c2cc(Br)ccc2OCc2ccc([N+](=O)[O-])cc2)c2ccccc21. The lowest BCUT2D eigenvalue weighted by molar-refractivity contribution is -0.384. The lowest BCUT2D eigenvalue weighted by atomic mass is 10.0. The molecule has 0 N–H and O–H groups in total. The monoisotopic (exact) mass is 506 g/mol. The highest BCUT2D eigenvalue weighted by Crippen LogP contribution is 2.39. The van der Waals surface area contributed by atoms with Gasteiger partial charge in [-0.2, -0.15) is 0 Å². The van der Waals surface area contributed by atoms with Gasteiger partial charge in [0.2, 0.25) is 0 Å². The molecule has 0 unspecified atom stereocenters. The summed E-state index contributed by atoms with van der Waals surface area (Å²) in [6.45, 7) is 5.08. The number of para-hydroxylation sites is 1. The summed E-state index contributed by atoms with van der Waals surface area (Å²) in [5.41, 5.74) is 4.08. The van der Waals surface area contributed by atoms with Gasteiger partial charge in [0.25, 0.3) is 11.6 Å². The maximum atomic E-state index is 13.3. The number of halogens is 1. The Morgan fingerprint density at radius 3 is 2.52 bits per heavy atom. The zero-order chi connectivity index (χ0) is 23.5. The van der Waals surface area contributed by atoms with Crippen LogP contribution in [0.15, 0.2) is 71.2 Å². The first-order chi connectivity index (χ1) is 15.8. The highest BCUT2D eigenvalue weighted by atomic mass is 79.9. The number of nitro groups is 1. The minimum atomic E-state index is -0.428. The van der Waals surface area contributed by atoms with Crippen LogP contribution in [0.2, 0.25) is 0 Å². The molecule has 0 aliphatic carbocycles. The van der Waals surface area contributed by atoms with Crippen molar-refractivity contribution in [1.82, 2.24) is 0 Å². The van der Waals surface area contributed by atoms with Crippen LogP contribution in [-0.2, 0) is 11.4 Å². The van der Waals surface area contributed by atoms with E-state index in [9.17, 15) is 14.9 Å². The van der Waals surface area contributed by atoms with Gasteiger partial charge in [0.15, 0.2) is 0 Å². The van der Waals surface area contributed by atoms with Crippen LogP contribution in [0.3, 0.4) is 0 Å². The second-order valence-corrected chi connectivity index (χ2v) is 9.19. The van der Waals surface area contributed by atoms with Crippen molar-refractivity contribution in [3.8, 4) is 5.75 Å². The van der Waals surface area contributed by atoms with Gasteiger partial charge in [-0.1, -0.05) is 48.0 Å². The molecule has 4 rings (SSSR count). The number of nitro benzene ring substituents is 1. The van der Waals surface area contributed by atoms with E-state index in [-0.39, 0.29) is 18.2 Å². The van der Waals surface area contributed by atoms with E-state index < -0.39 is 4.92 Å². The number of carbonyl (C=O) groups is 1. The molecule has 0 saturated carbocycles. The molecule has 1 amide bonds. The number of nitrogens with zero attached hydrogens (tertiary/aromatic N) is 2. The second-order valence-electron chi connectivity index (χ2n) is 8.28. The average molecular weight is 507 g/mol. The van der Waals surface area contributed by atoms with Crippen molar-refractivity contribution in [1.29, 1.82) is 0 Å². The van der Waals surface area contributed by atoms with Crippen LogP contribution in [0.25, 0.3) is 11.6 Å². The van der Waals surface area contributed by atoms with Gasteiger partial charge < -0.3 is 9.64 Å². The number of non-ortho nitro benzene ring substituents is 1. The smallest absolute Gasteiger partial charge is 0.269 e. The molecule has 7 heteroatoms. The average Bonchev–Trinajstić information content (AvgIpc) is 3.04. The number of anilines is 1. The first-order valence-corrected chi connectivity index (χ1v) is 11.4. The fourth-order valence-electron chi connectivity index (χ4n) is 3.79. The molecule has 0 bridgehead atoms. The molecule has 0 radical (unpaired) electrons. The molecule has 6 nitrogen and oxygen atoms in total. The van der Waals surface area contributed by atoms with Gasteiger partial charge in [0.05, 0.1) is 10.6 Å². The fraction of sp³-hybridized carbons (Fsp3) is 0.192. The zero-order valence-electron chi connectivity index (χ0n) is 18.3. The Bertz CT molecular complexity index is 1240. The Labute approximate surface area is 200 Å². The molecule has 1 aliphatic heterocycles. The van der Waals surface area contributed by atoms with Crippen molar-refractivity contribution in [2.45, 2.75) is 20.5 Å². The van der Waals surface area contributed by atoms with Crippen LogP contribution in [0.5, 0.6) is 5.75 Å². The largest absolute Gasteiger partial charge is 0.488 e. The van der Waals surface area contributed by atoms with Gasteiger partial charge in [-0.05, 0) is 54.0 Å². The van der Waals surface area contributed by atoms with E-state index in [4.69, 9.17) is 4.74 Å². The van der Waals surface area contributed by atoms with E-state index in [2.05, 4.69) is 29.8 Å². The molecule has 168 valence electrons. The number of amides is 1. The van der Waals surface area contributed by atoms with Crippen LogP contribution in [0.1, 0.15) is 30.5 Å². The van der Waals surface area contributed by atoms with Crippen molar-refractivity contribution in [2.75, 3.05) is 11.4 Å². The van der Waals surface area contributed by atoms with E-state index in [0.29, 0.717) is 23.8 Å². The first-order valence-electron chi connectivity index (χ1n) is 10.6. The maximum absolute atomic E-state index is 13.3. The fourth-order valence-corrected chi connectivity index (χ4v) is 4.17. The predicted octanol–water partition coefficient (Wildman–Crippen LogP) is 6.48. The minimum Gasteiger partial charge on any atom is -0.488 e. The summed E-state index contributed by atoms with van der Waals surface area (Å²) < 4.78 is 6.91. The molecule has 0 aromatic heterocycles. The van der Waals surface area contributed by atoms with Crippen molar-refractivity contribution in [3.63, 3.8) is 0 Å². The third-order valence-electron chi connectivity index (χ3n) is 5.32. The molecule has 0 atom stereocenters. The van der Waals surface area contributed by atoms with Crippen molar-refractivity contribution < 1.29 is 14.5 Å². The van der Waals surface area contributed by atoms with Crippen LogP contribution in [0.4, 0.5) is 11.4 Å². The second kappa shape index (κ2) is 9.58. The summed E-state index contributed by atoms with van der Waals surface area (Å²) in [5, 5.41) is 10.9. The van der Waals surface area contributed by atoms with Gasteiger partial charge in [-0.25, -0.2) is 0 Å². The standard InChI is InChI=1S/C26H23BrN2O4/c1-17(2)15-28-24-6-4-3-5-22(24)23(26(28)30)14-19-13-20(27)9-12-25(19)33-16-18-7-10-21(11-8-18)29(31)32/h3-14,17H,15-16H2,1-2H3/b23-14-. The van der Waals surface area contributed by atoms with Gasteiger partial charge >= 0.3 is 0 Å². The van der Waals surface area contributed by atoms with Crippen molar-refractivity contribution in [3.05, 3.63) is 98.0 Å². The normalized spacial score (nSPS) is 14.1. The molecule has 1 aliphatic rings. The Morgan fingerprint density at radius 2 is 1.82 bits per heavy atom. The summed E-state index contributed by atoms with van der Waals surface area (Å²) >= 11 is 3.51. The molecule has 3 aromatic carbocycles. The number of hydrogen-bond donors (Lipinski definition) is 0. The van der Waals surface area contributed by atoms with Gasteiger partial charge in [0, 0.05) is 39.9 Å². The maximum Gasteiger partial charge on any atom is 0.269 e. The Hall–Kier alpha value is -3.45. The third-order valence-corrected chi connectivity index (χ3v) is 5.81. The number of hydrogen-bond acceptors (Lipinski definition) is 4. The lowest BCUT2D eigenvalue weighted by Crippen LogP contribution is -2.30. The van der Waals surface area contributed by atoms with Gasteiger partial charge in [0.1, 0.15) is 12.4 Å². The molecule has 1 heterocycles. The minimum absolute atomic E-state index is 0.0220. The quantitative estimate of drug-likeness (QED) is 0.209. The van der Waals surface area contributed by atoms with Crippen LogP contribution < -0.4 is 9.64 Å². The van der Waals surface area contributed by atoms with E-state index in [0.717, 1.165) is 26.9 Å². The van der Waals surface area contributed by atoms with Crippen LogP contribution in [0, 0.1) is 16.0 Å². The third kappa shape index (κ3) is 4.98. The van der Waals surface area contributed by atoms with E-state index in [1.807, 2.05) is 53.4 Å². The molecule has 0 saturated heterocycles. The van der Waals surface area contributed by atoms with Crippen LogP contribution in [-0.4, -0.2) is 17.4 Å².